The Balaban J connectivity index is 2.26. The summed E-state index contributed by atoms with van der Waals surface area (Å²) < 4.78 is 6.96. The van der Waals surface area contributed by atoms with Crippen molar-refractivity contribution in [3.63, 3.8) is 0 Å². The maximum atomic E-state index is 5.80. The first-order valence-electron chi connectivity index (χ1n) is 6.01. The Labute approximate surface area is 107 Å². The van der Waals surface area contributed by atoms with Gasteiger partial charge in [0.15, 0.2) is 0 Å². The number of benzene rings is 1. The quantitative estimate of drug-likeness (QED) is 0.898. The summed E-state index contributed by atoms with van der Waals surface area (Å²) in [5.41, 5.74) is 9.03. The van der Waals surface area contributed by atoms with Crippen LogP contribution in [0.15, 0.2) is 30.3 Å². The van der Waals surface area contributed by atoms with Gasteiger partial charge in [0.05, 0.1) is 11.8 Å². The Hall–Kier alpha value is -1.81. The maximum Gasteiger partial charge on any atom is 0.121 e. The van der Waals surface area contributed by atoms with Crippen molar-refractivity contribution >= 4 is 5.82 Å². The summed E-state index contributed by atoms with van der Waals surface area (Å²) in [7, 11) is 3.57. The Morgan fingerprint density at radius 2 is 2.17 bits per heavy atom. The predicted molar refractivity (Wildman–Crippen MR) is 73.2 cm³/mol. The van der Waals surface area contributed by atoms with Gasteiger partial charge in [-0.05, 0) is 25.0 Å². The summed E-state index contributed by atoms with van der Waals surface area (Å²) in [5, 5.41) is 4.38. The molecule has 1 atom stereocenters. The molecule has 0 saturated heterocycles. The highest BCUT2D eigenvalue weighted by Gasteiger charge is 2.07. The lowest BCUT2D eigenvalue weighted by molar-refractivity contribution is 0.119. The number of methoxy groups -OCH3 is 1. The molecule has 0 aliphatic rings. The molecule has 1 aromatic heterocycles. The Bertz CT molecular complexity index is 514. The normalized spacial score (nSPS) is 12.6. The van der Waals surface area contributed by atoms with Crippen LogP contribution in [0.25, 0.3) is 11.3 Å². The van der Waals surface area contributed by atoms with Gasteiger partial charge in [-0.25, -0.2) is 0 Å². The summed E-state index contributed by atoms with van der Waals surface area (Å²) in [6.07, 6.45) is 1.11. The third kappa shape index (κ3) is 2.71. The molecule has 0 bridgehead atoms. The smallest absolute Gasteiger partial charge is 0.121 e. The number of anilines is 1. The molecule has 0 spiro atoms. The van der Waals surface area contributed by atoms with Crippen LogP contribution in [0.3, 0.4) is 0 Å². The maximum absolute atomic E-state index is 5.80. The van der Waals surface area contributed by atoms with Crippen molar-refractivity contribution in [2.75, 3.05) is 12.8 Å². The number of nitrogen functional groups attached to an aromatic ring is 1. The van der Waals surface area contributed by atoms with E-state index in [-0.39, 0.29) is 6.10 Å². The van der Waals surface area contributed by atoms with Crippen molar-refractivity contribution < 1.29 is 4.74 Å². The first-order chi connectivity index (χ1) is 8.60. The van der Waals surface area contributed by atoms with E-state index in [0.717, 1.165) is 17.7 Å². The van der Waals surface area contributed by atoms with Crippen LogP contribution in [0, 0.1) is 0 Å². The van der Waals surface area contributed by atoms with Gasteiger partial charge in [-0.3, -0.25) is 4.68 Å². The molecule has 1 heterocycles. The van der Waals surface area contributed by atoms with Crippen LogP contribution in [-0.4, -0.2) is 23.0 Å². The Morgan fingerprint density at radius 3 is 2.78 bits per heavy atom. The number of ether oxygens (including phenoxy) is 1. The van der Waals surface area contributed by atoms with E-state index in [1.54, 1.807) is 11.8 Å². The molecule has 2 aromatic rings. The monoisotopic (exact) mass is 245 g/mol. The van der Waals surface area contributed by atoms with Crippen LogP contribution in [0.2, 0.25) is 0 Å². The van der Waals surface area contributed by atoms with Crippen molar-refractivity contribution in [1.82, 2.24) is 9.78 Å². The van der Waals surface area contributed by atoms with E-state index in [1.165, 1.54) is 5.56 Å². The number of nitrogens with zero attached hydrogens (tertiary/aromatic N) is 2. The summed E-state index contributed by atoms with van der Waals surface area (Å²) in [4.78, 5) is 0. The molecular weight excluding hydrogens is 226 g/mol. The average Bonchev–Trinajstić information content (AvgIpc) is 2.70. The minimum absolute atomic E-state index is 0.217. The lowest BCUT2D eigenvalue weighted by atomic mass is 10.0. The Kier molecular flexibility index (Phi) is 3.67. The molecule has 18 heavy (non-hydrogen) atoms. The highest BCUT2D eigenvalue weighted by Crippen LogP contribution is 2.21. The zero-order chi connectivity index (χ0) is 13.1. The molecule has 0 saturated carbocycles. The van der Waals surface area contributed by atoms with Crippen molar-refractivity contribution in [3.8, 4) is 11.3 Å². The van der Waals surface area contributed by atoms with Crippen LogP contribution >= 0.6 is 0 Å². The van der Waals surface area contributed by atoms with E-state index in [4.69, 9.17) is 10.5 Å². The summed E-state index contributed by atoms with van der Waals surface area (Å²) in [5.74, 6) is 0.667. The third-order valence-electron chi connectivity index (χ3n) is 3.06. The van der Waals surface area contributed by atoms with E-state index >= 15 is 0 Å². The van der Waals surface area contributed by atoms with Crippen LogP contribution in [-0.2, 0) is 18.2 Å². The second kappa shape index (κ2) is 5.23. The largest absolute Gasteiger partial charge is 0.384 e. The fourth-order valence-electron chi connectivity index (χ4n) is 1.90. The number of rotatable bonds is 4. The SMILES string of the molecule is COC(C)Cc1cccc(-c2cc(N)n(C)n2)c1. The van der Waals surface area contributed by atoms with Gasteiger partial charge in [-0.1, -0.05) is 18.2 Å². The first-order valence-corrected chi connectivity index (χ1v) is 6.01. The Morgan fingerprint density at radius 1 is 1.39 bits per heavy atom. The van der Waals surface area contributed by atoms with E-state index in [0.29, 0.717) is 5.82 Å². The number of hydrogen-bond acceptors (Lipinski definition) is 3. The molecule has 1 unspecified atom stereocenters. The molecule has 4 heteroatoms. The molecule has 0 aliphatic heterocycles. The lowest BCUT2D eigenvalue weighted by Gasteiger charge is -2.09. The average molecular weight is 245 g/mol. The van der Waals surface area contributed by atoms with Gasteiger partial charge >= 0.3 is 0 Å². The molecule has 0 aliphatic carbocycles. The molecular formula is C14H19N3O. The highest BCUT2D eigenvalue weighted by molar-refractivity contribution is 5.63. The number of hydrogen-bond donors (Lipinski definition) is 1. The van der Waals surface area contributed by atoms with E-state index in [2.05, 4.69) is 24.2 Å². The minimum Gasteiger partial charge on any atom is -0.384 e. The second-order valence-corrected chi connectivity index (χ2v) is 4.53. The van der Waals surface area contributed by atoms with Gasteiger partial charge in [0.25, 0.3) is 0 Å². The second-order valence-electron chi connectivity index (χ2n) is 4.53. The summed E-state index contributed by atoms with van der Waals surface area (Å²) in [6.45, 7) is 2.06. The fourth-order valence-corrected chi connectivity index (χ4v) is 1.90. The highest BCUT2D eigenvalue weighted by atomic mass is 16.5. The van der Waals surface area contributed by atoms with Gasteiger partial charge in [-0.2, -0.15) is 5.10 Å². The van der Waals surface area contributed by atoms with Gasteiger partial charge in [0.1, 0.15) is 5.82 Å². The molecule has 4 nitrogen and oxygen atoms in total. The molecule has 2 rings (SSSR count). The predicted octanol–water partition coefficient (Wildman–Crippen LogP) is 2.25. The lowest BCUT2D eigenvalue weighted by Crippen LogP contribution is -2.08. The van der Waals surface area contributed by atoms with Crippen molar-refractivity contribution in [2.45, 2.75) is 19.4 Å². The molecule has 2 N–H and O–H groups in total. The van der Waals surface area contributed by atoms with Crippen LogP contribution in [0.4, 0.5) is 5.82 Å². The molecule has 0 radical (unpaired) electrons. The standard InChI is InChI=1S/C14H19N3O/c1-10(18-3)7-11-5-4-6-12(8-11)13-9-14(15)17(2)16-13/h4-6,8-10H,7,15H2,1-3H3. The molecule has 0 amide bonds. The van der Waals surface area contributed by atoms with E-state index < -0.39 is 0 Å². The van der Waals surface area contributed by atoms with Crippen LogP contribution in [0.1, 0.15) is 12.5 Å². The summed E-state index contributed by atoms with van der Waals surface area (Å²) in [6, 6.07) is 10.2. The van der Waals surface area contributed by atoms with Gasteiger partial charge in [-0.15, -0.1) is 0 Å². The van der Waals surface area contributed by atoms with E-state index in [1.807, 2.05) is 25.2 Å². The van der Waals surface area contributed by atoms with Crippen molar-refractivity contribution in [1.29, 1.82) is 0 Å². The molecule has 96 valence electrons. The van der Waals surface area contributed by atoms with Crippen LogP contribution < -0.4 is 5.73 Å². The zero-order valence-electron chi connectivity index (χ0n) is 11.1. The minimum atomic E-state index is 0.217. The number of aromatic nitrogens is 2. The summed E-state index contributed by atoms with van der Waals surface area (Å²) >= 11 is 0. The zero-order valence-corrected chi connectivity index (χ0v) is 11.1. The molecule has 0 fully saturated rings. The number of nitrogens with two attached hydrogens (primary N) is 1. The molecule has 1 aromatic carbocycles. The number of aryl methyl sites for hydroxylation is 1. The third-order valence-corrected chi connectivity index (χ3v) is 3.06. The van der Waals surface area contributed by atoms with Crippen molar-refractivity contribution in [3.05, 3.63) is 35.9 Å². The topological polar surface area (TPSA) is 53.1 Å². The van der Waals surface area contributed by atoms with Crippen molar-refractivity contribution in [2.24, 2.45) is 7.05 Å². The van der Waals surface area contributed by atoms with Gasteiger partial charge < -0.3 is 10.5 Å². The van der Waals surface area contributed by atoms with Gasteiger partial charge in [0, 0.05) is 25.8 Å². The first kappa shape index (κ1) is 12.6. The van der Waals surface area contributed by atoms with Crippen LogP contribution in [0.5, 0.6) is 0 Å². The van der Waals surface area contributed by atoms with E-state index in [9.17, 15) is 0 Å². The fraction of sp³-hybridized carbons (Fsp3) is 0.357. The van der Waals surface area contributed by atoms with Gasteiger partial charge in [0.2, 0.25) is 0 Å².